The summed E-state index contributed by atoms with van der Waals surface area (Å²) in [6.07, 6.45) is 8.32. The number of aromatic nitrogens is 4. The van der Waals surface area contributed by atoms with Crippen LogP contribution in [0.5, 0.6) is 0 Å². The Labute approximate surface area is 197 Å². The van der Waals surface area contributed by atoms with Gasteiger partial charge >= 0.3 is 0 Å². The predicted octanol–water partition coefficient (Wildman–Crippen LogP) is 4.04. The predicted molar refractivity (Wildman–Crippen MR) is 128 cm³/mol. The van der Waals surface area contributed by atoms with Gasteiger partial charge in [-0.3, -0.25) is 9.48 Å². The van der Waals surface area contributed by atoms with Gasteiger partial charge in [0.2, 0.25) is 0 Å². The van der Waals surface area contributed by atoms with Crippen LogP contribution in [0.2, 0.25) is 0 Å². The zero-order valence-corrected chi connectivity index (χ0v) is 19.3. The molecule has 0 bridgehead atoms. The second kappa shape index (κ2) is 9.02. The van der Waals surface area contributed by atoms with Crippen LogP contribution < -0.4 is 5.32 Å². The lowest BCUT2D eigenvalue weighted by atomic mass is 9.91. The van der Waals surface area contributed by atoms with Crippen molar-refractivity contribution in [3.63, 3.8) is 0 Å². The molecule has 34 heavy (non-hydrogen) atoms. The molecule has 0 radical (unpaired) electrons. The Morgan fingerprint density at radius 1 is 1.24 bits per heavy atom. The summed E-state index contributed by atoms with van der Waals surface area (Å²) in [4.78, 5) is 20.7. The number of amides is 1. The van der Waals surface area contributed by atoms with Crippen molar-refractivity contribution in [2.75, 3.05) is 0 Å². The normalized spacial score (nSPS) is 18.4. The van der Waals surface area contributed by atoms with Crippen LogP contribution in [0, 0.1) is 12.7 Å². The summed E-state index contributed by atoms with van der Waals surface area (Å²) in [5, 5.41) is 17.4. The monoisotopic (exact) mass is 461 g/mol. The zero-order chi connectivity index (χ0) is 23.8. The fourth-order valence-corrected chi connectivity index (χ4v) is 4.82. The third kappa shape index (κ3) is 4.21. The quantitative estimate of drug-likeness (QED) is 0.418. The standard InChI is InChI=1S/C26H28FN5O2/c1-15-18(9-17-8-7-16(11-21(17)27)19-12-30-32(2)13-19)10-20(25-24(15)28-14-29-25)26(34)31-22-5-3-4-6-23(22)33/h7-8,10-14,22-23,33H,3-6,9H2,1-2H3,(H,28,29)(H,31,34)/t22-,23-/m1/s1. The van der Waals surface area contributed by atoms with Gasteiger partial charge in [0.15, 0.2) is 0 Å². The Bertz CT molecular complexity index is 1360. The van der Waals surface area contributed by atoms with E-state index >= 15 is 4.39 Å². The van der Waals surface area contributed by atoms with Gasteiger partial charge in [-0.25, -0.2) is 9.37 Å². The van der Waals surface area contributed by atoms with Crippen molar-refractivity contribution in [1.29, 1.82) is 0 Å². The first-order chi connectivity index (χ1) is 16.4. The van der Waals surface area contributed by atoms with E-state index < -0.39 is 6.10 Å². The van der Waals surface area contributed by atoms with Gasteiger partial charge in [0.05, 0.1) is 35.8 Å². The third-order valence-corrected chi connectivity index (χ3v) is 6.83. The molecule has 1 aliphatic rings. The number of nitrogens with zero attached hydrogens (tertiary/aromatic N) is 3. The summed E-state index contributed by atoms with van der Waals surface area (Å²) in [7, 11) is 1.82. The fraction of sp³-hybridized carbons (Fsp3) is 0.346. The molecule has 1 saturated carbocycles. The maximum Gasteiger partial charge on any atom is 0.253 e. The van der Waals surface area contributed by atoms with Gasteiger partial charge in [0.1, 0.15) is 11.3 Å². The lowest BCUT2D eigenvalue weighted by Gasteiger charge is -2.28. The van der Waals surface area contributed by atoms with Gasteiger partial charge in [-0.05, 0) is 54.2 Å². The molecule has 1 aliphatic carbocycles. The molecule has 176 valence electrons. The van der Waals surface area contributed by atoms with Crippen LogP contribution in [0.25, 0.3) is 22.2 Å². The van der Waals surface area contributed by atoms with E-state index in [-0.39, 0.29) is 17.8 Å². The number of carbonyl (C=O) groups excluding carboxylic acids is 1. The maximum absolute atomic E-state index is 15.1. The number of carbonyl (C=O) groups is 1. The summed E-state index contributed by atoms with van der Waals surface area (Å²) in [5.74, 6) is -0.571. The van der Waals surface area contributed by atoms with Crippen molar-refractivity contribution >= 4 is 16.9 Å². The Morgan fingerprint density at radius 3 is 2.79 bits per heavy atom. The molecule has 2 heterocycles. The van der Waals surface area contributed by atoms with Gasteiger partial charge < -0.3 is 15.4 Å². The number of benzene rings is 2. The number of H-pyrrole nitrogens is 1. The number of nitrogens with one attached hydrogen (secondary N) is 2. The van der Waals surface area contributed by atoms with E-state index in [1.807, 2.05) is 26.2 Å². The molecule has 2 atom stereocenters. The largest absolute Gasteiger partial charge is 0.391 e. The molecular formula is C26H28FN5O2. The lowest BCUT2D eigenvalue weighted by Crippen LogP contribution is -2.45. The maximum atomic E-state index is 15.1. The molecule has 0 saturated heterocycles. The molecule has 5 rings (SSSR count). The highest BCUT2D eigenvalue weighted by molar-refractivity contribution is 6.06. The number of halogens is 1. The molecule has 3 N–H and O–H groups in total. The number of rotatable bonds is 5. The van der Waals surface area contributed by atoms with Crippen molar-refractivity contribution in [1.82, 2.24) is 25.1 Å². The van der Waals surface area contributed by atoms with Crippen LogP contribution in [-0.4, -0.2) is 42.9 Å². The first kappa shape index (κ1) is 22.3. The number of aliphatic hydroxyl groups is 1. The third-order valence-electron chi connectivity index (χ3n) is 6.83. The number of aliphatic hydroxyl groups excluding tert-OH is 1. The summed E-state index contributed by atoms with van der Waals surface area (Å²) >= 11 is 0. The van der Waals surface area contributed by atoms with Gasteiger partial charge in [-0.1, -0.05) is 25.0 Å². The number of hydrogen-bond acceptors (Lipinski definition) is 4. The molecule has 7 nitrogen and oxygen atoms in total. The molecule has 1 fully saturated rings. The number of hydrogen-bond donors (Lipinski definition) is 3. The van der Waals surface area contributed by atoms with Crippen LogP contribution >= 0.6 is 0 Å². The number of aromatic amines is 1. The lowest BCUT2D eigenvalue weighted by molar-refractivity contribution is 0.0718. The van der Waals surface area contributed by atoms with Crippen molar-refractivity contribution < 1.29 is 14.3 Å². The fourth-order valence-electron chi connectivity index (χ4n) is 4.82. The summed E-state index contributed by atoms with van der Waals surface area (Å²) < 4.78 is 16.8. The van der Waals surface area contributed by atoms with E-state index in [1.54, 1.807) is 29.3 Å². The number of fused-ring (bicyclic) bond motifs is 1. The summed E-state index contributed by atoms with van der Waals surface area (Å²) in [6.45, 7) is 1.95. The van der Waals surface area contributed by atoms with Gasteiger partial charge in [-0.15, -0.1) is 0 Å². The van der Waals surface area contributed by atoms with Crippen molar-refractivity contribution in [3.05, 3.63) is 71.1 Å². The van der Waals surface area contributed by atoms with E-state index in [2.05, 4.69) is 20.4 Å². The van der Waals surface area contributed by atoms with E-state index in [0.29, 0.717) is 29.5 Å². The van der Waals surface area contributed by atoms with Gasteiger partial charge in [0, 0.05) is 25.2 Å². The first-order valence-corrected chi connectivity index (χ1v) is 11.6. The molecule has 4 aromatic rings. The average Bonchev–Trinajstić information content (AvgIpc) is 3.48. The molecule has 0 unspecified atom stereocenters. The van der Waals surface area contributed by atoms with E-state index in [1.165, 1.54) is 6.07 Å². The molecule has 0 aliphatic heterocycles. The Balaban J connectivity index is 1.46. The highest BCUT2D eigenvalue weighted by Gasteiger charge is 2.26. The Hall–Kier alpha value is -3.52. The zero-order valence-electron chi connectivity index (χ0n) is 19.3. The van der Waals surface area contributed by atoms with Crippen LogP contribution in [0.4, 0.5) is 4.39 Å². The smallest absolute Gasteiger partial charge is 0.253 e. The highest BCUT2D eigenvalue weighted by Crippen LogP contribution is 2.28. The van der Waals surface area contributed by atoms with E-state index in [4.69, 9.17) is 0 Å². The molecule has 8 heteroatoms. The van der Waals surface area contributed by atoms with Crippen LogP contribution in [0.3, 0.4) is 0 Å². The van der Waals surface area contributed by atoms with Gasteiger partial charge in [0.25, 0.3) is 5.91 Å². The van der Waals surface area contributed by atoms with E-state index in [0.717, 1.165) is 47.0 Å². The summed E-state index contributed by atoms with van der Waals surface area (Å²) in [6, 6.07) is 6.73. The van der Waals surface area contributed by atoms with E-state index in [9.17, 15) is 9.90 Å². The van der Waals surface area contributed by atoms with Crippen molar-refractivity contribution in [2.45, 2.75) is 51.2 Å². The second-order valence-electron chi connectivity index (χ2n) is 9.15. The van der Waals surface area contributed by atoms with Crippen molar-refractivity contribution in [3.8, 4) is 11.1 Å². The molecule has 1 amide bonds. The minimum absolute atomic E-state index is 0.266. The molecule has 2 aromatic carbocycles. The SMILES string of the molecule is Cc1c(Cc2ccc(-c3cnn(C)c3)cc2F)cc(C(=O)N[C@@H]2CCCC[C@H]2O)c2nc[nH]c12. The first-order valence-electron chi connectivity index (χ1n) is 11.6. The molecular weight excluding hydrogens is 433 g/mol. The van der Waals surface area contributed by atoms with Gasteiger partial charge in [-0.2, -0.15) is 5.10 Å². The highest BCUT2D eigenvalue weighted by atomic mass is 19.1. The average molecular weight is 462 g/mol. The van der Waals surface area contributed by atoms with Crippen LogP contribution in [0.1, 0.15) is 52.7 Å². The Morgan fingerprint density at radius 2 is 2.06 bits per heavy atom. The molecule has 2 aromatic heterocycles. The van der Waals surface area contributed by atoms with Crippen molar-refractivity contribution in [2.24, 2.45) is 7.05 Å². The number of aryl methyl sites for hydroxylation is 2. The Kier molecular flexibility index (Phi) is 5.91. The van der Waals surface area contributed by atoms with Crippen LogP contribution in [0.15, 0.2) is 43.0 Å². The minimum Gasteiger partial charge on any atom is -0.391 e. The number of imidazole rings is 1. The van der Waals surface area contributed by atoms with Crippen LogP contribution in [-0.2, 0) is 13.5 Å². The summed E-state index contributed by atoms with van der Waals surface area (Å²) in [5.41, 5.74) is 5.71. The topological polar surface area (TPSA) is 95.8 Å². The molecule has 0 spiro atoms. The second-order valence-corrected chi connectivity index (χ2v) is 9.15. The minimum atomic E-state index is -0.537.